The Kier molecular flexibility index (Phi) is 6.61. The minimum absolute atomic E-state index is 0.229. The molecule has 6 nitrogen and oxygen atoms in total. The van der Waals surface area contributed by atoms with E-state index in [-0.39, 0.29) is 17.2 Å². The Morgan fingerprint density at radius 2 is 2.04 bits per heavy atom. The van der Waals surface area contributed by atoms with Gasteiger partial charge in [0.2, 0.25) is 0 Å². The highest BCUT2D eigenvalue weighted by atomic mass is 32.1. The average Bonchev–Trinajstić information content (AvgIpc) is 2.52. The molecule has 1 aliphatic heterocycles. The molecule has 0 saturated carbocycles. The van der Waals surface area contributed by atoms with Crippen molar-refractivity contribution >= 4 is 29.1 Å². The molecule has 1 saturated heterocycles. The lowest BCUT2D eigenvalue weighted by molar-refractivity contribution is 0.0187. The highest BCUT2D eigenvalue weighted by molar-refractivity contribution is 7.80. The van der Waals surface area contributed by atoms with Crippen LogP contribution >= 0.6 is 12.2 Å². The van der Waals surface area contributed by atoms with E-state index in [1.807, 2.05) is 45.0 Å². The van der Waals surface area contributed by atoms with Gasteiger partial charge in [-0.15, -0.1) is 0 Å². The fourth-order valence-electron chi connectivity index (χ4n) is 2.75. The Morgan fingerprint density at radius 3 is 2.64 bits per heavy atom. The minimum Gasteiger partial charge on any atom is -0.444 e. The van der Waals surface area contributed by atoms with Crippen molar-refractivity contribution in [2.24, 2.45) is 5.73 Å². The summed E-state index contributed by atoms with van der Waals surface area (Å²) in [4.78, 5) is 14.0. The number of piperidine rings is 1. The molecule has 0 aromatic heterocycles. The standard InChI is InChI=1S/C18H28N4O2S/c1-18(2,3)24-17(23)22-10-4-5-15(12-22)20-11-13-6-8-14(9-7-13)21-16(19)25/h6-9,15,20H,4-5,10-12H2,1-3H3,(H3,19,21,25). The van der Waals surface area contributed by atoms with Crippen molar-refractivity contribution in [1.82, 2.24) is 10.2 Å². The predicted octanol–water partition coefficient (Wildman–Crippen LogP) is 2.83. The van der Waals surface area contributed by atoms with E-state index in [1.165, 1.54) is 5.56 Å². The molecule has 0 radical (unpaired) electrons. The summed E-state index contributed by atoms with van der Waals surface area (Å²) in [6.45, 7) is 7.85. The number of carbonyl (C=O) groups is 1. The summed E-state index contributed by atoms with van der Waals surface area (Å²) in [5.74, 6) is 0. The third-order valence-electron chi connectivity index (χ3n) is 3.89. The van der Waals surface area contributed by atoms with E-state index in [4.69, 9.17) is 22.7 Å². The molecule has 0 spiro atoms. The molecule has 1 fully saturated rings. The van der Waals surface area contributed by atoms with E-state index in [0.717, 1.165) is 31.6 Å². The van der Waals surface area contributed by atoms with Crippen LogP contribution in [0.25, 0.3) is 0 Å². The molecule has 2 rings (SSSR count). The van der Waals surface area contributed by atoms with Gasteiger partial charge in [-0.2, -0.15) is 0 Å². The molecule has 138 valence electrons. The van der Waals surface area contributed by atoms with E-state index in [1.54, 1.807) is 4.90 Å². The summed E-state index contributed by atoms with van der Waals surface area (Å²) in [5.41, 5.74) is 7.05. The number of amides is 1. The zero-order valence-corrected chi connectivity index (χ0v) is 16.0. The van der Waals surface area contributed by atoms with Crippen molar-refractivity contribution in [2.75, 3.05) is 18.4 Å². The normalized spacial score (nSPS) is 17.9. The van der Waals surface area contributed by atoms with E-state index in [9.17, 15) is 4.79 Å². The first-order valence-corrected chi connectivity index (χ1v) is 9.00. The van der Waals surface area contributed by atoms with Crippen LogP contribution in [0.4, 0.5) is 10.5 Å². The zero-order chi connectivity index (χ0) is 18.4. The van der Waals surface area contributed by atoms with Gasteiger partial charge in [-0.05, 0) is 63.5 Å². The fraction of sp³-hybridized carbons (Fsp3) is 0.556. The number of anilines is 1. The number of hydrogen-bond donors (Lipinski definition) is 3. The third-order valence-corrected chi connectivity index (χ3v) is 3.99. The van der Waals surface area contributed by atoms with Gasteiger partial charge in [0.25, 0.3) is 0 Å². The van der Waals surface area contributed by atoms with Crippen LogP contribution in [0, 0.1) is 0 Å². The molecule has 1 atom stereocenters. The van der Waals surface area contributed by atoms with E-state index < -0.39 is 5.60 Å². The van der Waals surface area contributed by atoms with Crippen LogP contribution in [0.3, 0.4) is 0 Å². The van der Waals surface area contributed by atoms with Gasteiger partial charge in [0.05, 0.1) is 0 Å². The van der Waals surface area contributed by atoms with Crippen LogP contribution in [0.15, 0.2) is 24.3 Å². The molecule has 1 amide bonds. The molecule has 1 unspecified atom stereocenters. The van der Waals surface area contributed by atoms with Gasteiger partial charge in [0.1, 0.15) is 5.60 Å². The average molecular weight is 365 g/mol. The quantitative estimate of drug-likeness (QED) is 0.713. The number of ether oxygens (including phenoxy) is 1. The zero-order valence-electron chi connectivity index (χ0n) is 15.2. The Morgan fingerprint density at radius 1 is 1.36 bits per heavy atom. The highest BCUT2D eigenvalue weighted by Crippen LogP contribution is 2.16. The predicted molar refractivity (Wildman–Crippen MR) is 105 cm³/mol. The van der Waals surface area contributed by atoms with Crippen molar-refractivity contribution in [3.05, 3.63) is 29.8 Å². The maximum atomic E-state index is 12.2. The molecule has 25 heavy (non-hydrogen) atoms. The van der Waals surface area contributed by atoms with Crippen LogP contribution in [0.2, 0.25) is 0 Å². The molecule has 4 N–H and O–H groups in total. The SMILES string of the molecule is CC(C)(C)OC(=O)N1CCCC(NCc2ccc(NC(N)=S)cc2)C1. The van der Waals surface area contributed by atoms with E-state index >= 15 is 0 Å². The second kappa shape index (κ2) is 8.49. The van der Waals surface area contributed by atoms with E-state index in [2.05, 4.69) is 10.6 Å². The number of benzene rings is 1. The van der Waals surface area contributed by atoms with Crippen LogP contribution in [-0.2, 0) is 11.3 Å². The maximum Gasteiger partial charge on any atom is 0.410 e. The first kappa shape index (κ1) is 19.5. The van der Waals surface area contributed by atoms with Gasteiger partial charge in [-0.25, -0.2) is 4.79 Å². The smallest absolute Gasteiger partial charge is 0.410 e. The number of likely N-dealkylation sites (tertiary alicyclic amines) is 1. The number of nitrogens with two attached hydrogens (primary N) is 1. The molecule has 0 bridgehead atoms. The topological polar surface area (TPSA) is 79.6 Å². The van der Waals surface area contributed by atoms with Gasteiger partial charge in [0.15, 0.2) is 5.11 Å². The molecule has 1 heterocycles. The Bertz CT molecular complexity index is 598. The third kappa shape index (κ3) is 6.88. The summed E-state index contributed by atoms with van der Waals surface area (Å²) < 4.78 is 5.46. The molecule has 1 aromatic rings. The summed E-state index contributed by atoms with van der Waals surface area (Å²) in [5, 5.41) is 6.69. The highest BCUT2D eigenvalue weighted by Gasteiger charge is 2.27. The Labute approximate surface area is 155 Å². The number of thiocarbonyl (C=S) groups is 1. The van der Waals surface area contributed by atoms with Crippen LogP contribution in [0.5, 0.6) is 0 Å². The Hall–Kier alpha value is -1.86. The van der Waals surface area contributed by atoms with Crippen molar-refractivity contribution in [2.45, 2.75) is 51.8 Å². The minimum atomic E-state index is -0.459. The number of carbonyl (C=O) groups excluding carboxylic acids is 1. The fourth-order valence-corrected chi connectivity index (χ4v) is 2.86. The molecular weight excluding hydrogens is 336 g/mol. The van der Waals surface area contributed by atoms with Gasteiger partial charge >= 0.3 is 6.09 Å². The van der Waals surface area contributed by atoms with E-state index in [0.29, 0.717) is 6.54 Å². The lowest BCUT2D eigenvalue weighted by Crippen LogP contribution is -2.49. The molecular formula is C18H28N4O2S. The van der Waals surface area contributed by atoms with Crippen molar-refractivity contribution in [3.8, 4) is 0 Å². The lowest BCUT2D eigenvalue weighted by Gasteiger charge is -2.34. The van der Waals surface area contributed by atoms with Crippen LogP contribution < -0.4 is 16.4 Å². The largest absolute Gasteiger partial charge is 0.444 e. The van der Waals surface area contributed by atoms with Crippen molar-refractivity contribution in [3.63, 3.8) is 0 Å². The number of nitrogens with one attached hydrogen (secondary N) is 2. The second-order valence-corrected chi connectivity index (χ2v) is 7.77. The van der Waals surface area contributed by atoms with Gasteiger partial charge in [0, 0.05) is 31.4 Å². The maximum absolute atomic E-state index is 12.2. The molecule has 1 aliphatic rings. The van der Waals surface area contributed by atoms with Gasteiger partial charge < -0.3 is 26.0 Å². The summed E-state index contributed by atoms with van der Waals surface area (Å²) in [7, 11) is 0. The number of rotatable bonds is 4. The van der Waals surface area contributed by atoms with Crippen molar-refractivity contribution < 1.29 is 9.53 Å². The lowest BCUT2D eigenvalue weighted by atomic mass is 10.1. The molecule has 1 aromatic carbocycles. The Balaban J connectivity index is 1.82. The summed E-state index contributed by atoms with van der Waals surface area (Å²) in [6, 6.07) is 8.23. The van der Waals surface area contributed by atoms with Crippen LogP contribution in [0.1, 0.15) is 39.2 Å². The van der Waals surface area contributed by atoms with Crippen molar-refractivity contribution in [1.29, 1.82) is 0 Å². The molecule has 0 aliphatic carbocycles. The first-order chi connectivity index (χ1) is 11.7. The molecule has 7 heteroatoms. The monoisotopic (exact) mass is 364 g/mol. The number of nitrogens with zero attached hydrogens (tertiary/aromatic N) is 1. The summed E-state index contributed by atoms with van der Waals surface area (Å²) in [6.07, 6.45) is 1.81. The van der Waals surface area contributed by atoms with Gasteiger partial charge in [-0.1, -0.05) is 12.1 Å². The second-order valence-electron chi connectivity index (χ2n) is 7.33. The first-order valence-electron chi connectivity index (χ1n) is 8.59. The summed E-state index contributed by atoms with van der Waals surface area (Å²) >= 11 is 4.82. The van der Waals surface area contributed by atoms with Gasteiger partial charge in [-0.3, -0.25) is 0 Å². The number of hydrogen-bond acceptors (Lipinski definition) is 4. The van der Waals surface area contributed by atoms with Crippen LogP contribution in [-0.4, -0.2) is 40.8 Å².